The number of benzene rings is 1. The van der Waals surface area contributed by atoms with Crippen molar-refractivity contribution in [3.05, 3.63) is 44.2 Å². The Morgan fingerprint density at radius 3 is 2.38 bits per heavy atom. The fraction of sp³-hybridized carbons (Fsp3) is 0.286. The number of carbonyl (C=O) groups is 1. The van der Waals surface area contributed by atoms with E-state index in [9.17, 15) is 4.79 Å². The molecule has 2 aromatic rings. The number of aromatic nitrogens is 1. The average molecular weight is 348 g/mol. The molecule has 0 bridgehead atoms. The number of carbonyl (C=O) groups excluding carboxylic acids is 1. The SMILES string of the molecule is Cc1noc(C)c1C(C)C(=O)Nc1cc(Cl)c(Cl)cc1Cl. The molecular formula is C14H13Cl3N2O2. The third-order valence-electron chi connectivity index (χ3n) is 3.18. The van der Waals surface area contributed by atoms with Crippen LogP contribution in [0.1, 0.15) is 29.9 Å². The molecule has 1 aromatic heterocycles. The zero-order valence-corrected chi connectivity index (χ0v) is 13.9. The van der Waals surface area contributed by atoms with Crippen molar-refractivity contribution in [3.63, 3.8) is 0 Å². The summed E-state index contributed by atoms with van der Waals surface area (Å²) in [5.74, 6) is -0.0400. The van der Waals surface area contributed by atoms with E-state index in [1.54, 1.807) is 20.8 Å². The van der Waals surface area contributed by atoms with Crippen LogP contribution in [0.25, 0.3) is 0 Å². The molecule has 1 atom stereocenters. The molecule has 1 amide bonds. The predicted octanol–water partition coefficient (Wildman–Crippen LogP) is 4.99. The summed E-state index contributed by atoms with van der Waals surface area (Å²) in [6.45, 7) is 5.33. The van der Waals surface area contributed by atoms with Crippen LogP contribution in [0.15, 0.2) is 16.7 Å². The van der Waals surface area contributed by atoms with Crippen molar-refractivity contribution in [2.45, 2.75) is 26.7 Å². The Kier molecular flexibility index (Phi) is 4.81. The standard InChI is InChI=1S/C14H13Cl3N2O2/c1-6(13-7(2)19-21-8(13)3)14(20)18-12-5-10(16)9(15)4-11(12)17/h4-6H,1-3H3,(H,18,20). The van der Waals surface area contributed by atoms with Crippen molar-refractivity contribution in [2.75, 3.05) is 5.32 Å². The normalized spacial score (nSPS) is 12.3. The van der Waals surface area contributed by atoms with Gasteiger partial charge in [0.2, 0.25) is 5.91 Å². The van der Waals surface area contributed by atoms with Crippen LogP contribution in [0.4, 0.5) is 5.69 Å². The van der Waals surface area contributed by atoms with E-state index in [1.807, 2.05) is 0 Å². The molecule has 0 radical (unpaired) electrons. The molecule has 1 heterocycles. The quantitative estimate of drug-likeness (QED) is 0.795. The molecule has 2 rings (SSSR count). The molecule has 21 heavy (non-hydrogen) atoms. The second-order valence-electron chi connectivity index (χ2n) is 4.69. The summed E-state index contributed by atoms with van der Waals surface area (Å²) in [6.07, 6.45) is 0. The maximum atomic E-state index is 12.3. The molecule has 1 aromatic carbocycles. The van der Waals surface area contributed by atoms with Gasteiger partial charge >= 0.3 is 0 Å². The van der Waals surface area contributed by atoms with Crippen molar-refractivity contribution in [2.24, 2.45) is 0 Å². The number of halogens is 3. The summed E-state index contributed by atoms with van der Waals surface area (Å²) in [6, 6.07) is 3.01. The van der Waals surface area contributed by atoms with Gasteiger partial charge in [0.05, 0.1) is 32.4 Å². The van der Waals surface area contributed by atoms with Gasteiger partial charge < -0.3 is 9.84 Å². The minimum atomic E-state index is -0.429. The van der Waals surface area contributed by atoms with Crippen LogP contribution in [0, 0.1) is 13.8 Å². The Morgan fingerprint density at radius 2 is 1.81 bits per heavy atom. The number of hydrogen-bond donors (Lipinski definition) is 1. The van der Waals surface area contributed by atoms with Crippen LogP contribution in [0.2, 0.25) is 15.1 Å². The summed E-state index contributed by atoms with van der Waals surface area (Å²) >= 11 is 17.8. The van der Waals surface area contributed by atoms with Gasteiger partial charge in [0, 0.05) is 5.56 Å². The summed E-state index contributed by atoms with van der Waals surface area (Å²) in [7, 11) is 0. The molecule has 112 valence electrons. The highest BCUT2D eigenvalue weighted by Gasteiger charge is 2.23. The highest BCUT2D eigenvalue weighted by molar-refractivity contribution is 6.44. The maximum absolute atomic E-state index is 12.3. The Bertz CT molecular complexity index is 678. The van der Waals surface area contributed by atoms with E-state index in [1.165, 1.54) is 12.1 Å². The largest absolute Gasteiger partial charge is 0.361 e. The monoisotopic (exact) mass is 346 g/mol. The van der Waals surface area contributed by atoms with Gasteiger partial charge in [-0.3, -0.25) is 4.79 Å². The molecule has 1 N–H and O–H groups in total. The third kappa shape index (κ3) is 3.34. The minimum absolute atomic E-state index is 0.232. The zero-order valence-electron chi connectivity index (χ0n) is 11.6. The topological polar surface area (TPSA) is 55.1 Å². The number of rotatable bonds is 3. The molecular weight excluding hydrogens is 335 g/mol. The number of nitrogens with one attached hydrogen (secondary N) is 1. The van der Waals surface area contributed by atoms with Gasteiger partial charge in [-0.15, -0.1) is 0 Å². The molecule has 0 saturated heterocycles. The summed E-state index contributed by atoms with van der Waals surface area (Å²) in [5, 5.41) is 7.56. The zero-order chi connectivity index (χ0) is 15.7. The van der Waals surface area contributed by atoms with Crippen molar-refractivity contribution < 1.29 is 9.32 Å². The summed E-state index contributed by atoms with van der Waals surface area (Å²) < 4.78 is 5.08. The van der Waals surface area contributed by atoms with E-state index in [0.29, 0.717) is 32.2 Å². The molecule has 0 aliphatic rings. The second-order valence-corrected chi connectivity index (χ2v) is 5.92. The molecule has 1 unspecified atom stereocenters. The van der Waals surface area contributed by atoms with E-state index in [2.05, 4.69) is 10.5 Å². The number of hydrogen-bond acceptors (Lipinski definition) is 3. The van der Waals surface area contributed by atoms with E-state index < -0.39 is 5.92 Å². The van der Waals surface area contributed by atoms with Gasteiger partial charge in [0.1, 0.15) is 5.76 Å². The third-order valence-corrected chi connectivity index (χ3v) is 4.22. The molecule has 0 spiro atoms. The lowest BCUT2D eigenvalue weighted by atomic mass is 9.98. The van der Waals surface area contributed by atoms with Crippen molar-refractivity contribution in [3.8, 4) is 0 Å². The number of aryl methyl sites for hydroxylation is 2. The molecule has 0 aliphatic carbocycles. The smallest absolute Gasteiger partial charge is 0.231 e. The summed E-state index contributed by atoms with van der Waals surface area (Å²) in [4.78, 5) is 12.3. The number of anilines is 1. The lowest BCUT2D eigenvalue weighted by molar-refractivity contribution is -0.117. The van der Waals surface area contributed by atoms with Crippen LogP contribution in [0.3, 0.4) is 0 Å². The van der Waals surface area contributed by atoms with E-state index in [0.717, 1.165) is 5.56 Å². The number of nitrogens with zero attached hydrogens (tertiary/aromatic N) is 1. The first kappa shape index (κ1) is 16.1. The molecule has 4 nitrogen and oxygen atoms in total. The van der Waals surface area contributed by atoms with Crippen LogP contribution in [0.5, 0.6) is 0 Å². The average Bonchev–Trinajstić information content (AvgIpc) is 2.74. The maximum Gasteiger partial charge on any atom is 0.231 e. The van der Waals surface area contributed by atoms with E-state index in [-0.39, 0.29) is 5.91 Å². The fourth-order valence-electron chi connectivity index (χ4n) is 2.10. The minimum Gasteiger partial charge on any atom is -0.361 e. The number of amides is 1. The van der Waals surface area contributed by atoms with Crippen LogP contribution < -0.4 is 5.32 Å². The van der Waals surface area contributed by atoms with Gasteiger partial charge in [-0.25, -0.2) is 0 Å². The Balaban J connectivity index is 2.24. The molecule has 0 aliphatic heterocycles. The molecule has 7 heteroatoms. The highest BCUT2D eigenvalue weighted by atomic mass is 35.5. The van der Waals surface area contributed by atoms with Gasteiger partial charge in [-0.2, -0.15) is 0 Å². The van der Waals surface area contributed by atoms with Crippen LogP contribution >= 0.6 is 34.8 Å². The fourth-order valence-corrected chi connectivity index (χ4v) is 2.69. The lowest BCUT2D eigenvalue weighted by Gasteiger charge is -2.13. The Morgan fingerprint density at radius 1 is 1.19 bits per heavy atom. The van der Waals surface area contributed by atoms with Crippen molar-refractivity contribution in [1.29, 1.82) is 0 Å². The first-order valence-electron chi connectivity index (χ1n) is 6.19. The predicted molar refractivity (Wildman–Crippen MR) is 84.5 cm³/mol. The van der Waals surface area contributed by atoms with Crippen molar-refractivity contribution in [1.82, 2.24) is 5.16 Å². The van der Waals surface area contributed by atoms with E-state index >= 15 is 0 Å². The molecule has 0 saturated carbocycles. The lowest BCUT2D eigenvalue weighted by Crippen LogP contribution is -2.20. The van der Waals surface area contributed by atoms with Gasteiger partial charge in [-0.1, -0.05) is 40.0 Å². The van der Waals surface area contributed by atoms with Gasteiger partial charge in [-0.05, 0) is 32.9 Å². The first-order valence-corrected chi connectivity index (χ1v) is 7.32. The van der Waals surface area contributed by atoms with Crippen molar-refractivity contribution >= 4 is 46.4 Å². The van der Waals surface area contributed by atoms with Gasteiger partial charge in [0.25, 0.3) is 0 Å². The Hall–Kier alpha value is -1.23. The van der Waals surface area contributed by atoms with Crippen LogP contribution in [-0.2, 0) is 4.79 Å². The van der Waals surface area contributed by atoms with Crippen LogP contribution in [-0.4, -0.2) is 11.1 Å². The second kappa shape index (κ2) is 6.26. The first-order chi connectivity index (χ1) is 9.81. The highest BCUT2D eigenvalue weighted by Crippen LogP contribution is 2.33. The van der Waals surface area contributed by atoms with Gasteiger partial charge in [0.15, 0.2) is 0 Å². The molecule has 0 fully saturated rings. The summed E-state index contributed by atoms with van der Waals surface area (Å²) in [5.41, 5.74) is 1.87. The Labute approximate surface area is 137 Å². The van der Waals surface area contributed by atoms with E-state index in [4.69, 9.17) is 39.3 Å².